The van der Waals surface area contributed by atoms with E-state index in [9.17, 15) is 4.79 Å². The van der Waals surface area contributed by atoms with Crippen molar-refractivity contribution in [1.29, 1.82) is 0 Å². The molecular weight excluding hydrogens is 190 g/mol. The normalized spacial score (nSPS) is 10.3. The van der Waals surface area contributed by atoms with Crippen molar-refractivity contribution in [2.75, 3.05) is 0 Å². The number of hydrogen-bond acceptors (Lipinski definition) is 3. The molecular formula is C11H11N3O. The number of nitrogens with zero attached hydrogens (tertiary/aromatic N) is 3. The van der Waals surface area contributed by atoms with Crippen molar-refractivity contribution in [3.8, 4) is 0 Å². The van der Waals surface area contributed by atoms with Crippen molar-refractivity contribution in [3.05, 3.63) is 47.5 Å². The van der Waals surface area contributed by atoms with Crippen LogP contribution < -0.4 is 0 Å². The van der Waals surface area contributed by atoms with Crippen molar-refractivity contribution in [3.63, 3.8) is 0 Å². The van der Waals surface area contributed by atoms with E-state index in [1.807, 2.05) is 19.9 Å². The molecule has 0 aliphatic rings. The summed E-state index contributed by atoms with van der Waals surface area (Å²) >= 11 is 0. The second-order valence-electron chi connectivity index (χ2n) is 3.39. The Morgan fingerprint density at radius 1 is 1.40 bits per heavy atom. The number of aryl methyl sites for hydroxylation is 2. The summed E-state index contributed by atoms with van der Waals surface area (Å²) in [4.78, 5) is 15.8. The van der Waals surface area contributed by atoms with Crippen LogP contribution in [0.2, 0.25) is 0 Å². The highest BCUT2D eigenvalue weighted by Crippen LogP contribution is 2.06. The zero-order valence-corrected chi connectivity index (χ0v) is 8.64. The lowest BCUT2D eigenvalue weighted by Crippen LogP contribution is -2.15. The molecule has 0 fully saturated rings. The number of carbonyl (C=O) groups is 1. The van der Waals surface area contributed by atoms with Gasteiger partial charge >= 0.3 is 0 Å². The zero-order chi connectivity index (χ0) is 10.8. The van der Waals surface area contributed by atoms with Crippen molar-refractivity contribution in [1.82, 2.24) is 14.8 Å². The lowest BCUT2D eigenvalue weighted by atomic mass is 10.3. The van der Waals surface area contributed by atoms with Gasteiger partial charge in [0.05, 0.1) is 11.3 Å². The van der Waals surface area contributed by atoms with E-state index in [-0.39, 0.29) is 5.91 Å². The molecule has 0 saturated heterocycles. The molecule has 0 bridgehead atoms. The molecule has 4 nitrogen and oxygen atoms in total. The van der Waals surface area contributed by atoms with Gasteiger partial charge in [-0.15, -0.1) is 0 Å². The van der Waals surface area contributed by atoms with Gasteiger partial charge in [-0.3, -0.25) is 9.78 Å². The Labute approximate surface area is 87.6 Å². The van der Waals surface area contributed by atoms with E-state index in [2.05, 4.69) is 10.1 Å². The Bertz CT molecular complexity index is 488. The van der Waals surface area contributed by atoms with Crippen molar-refractivity contribution >= 4 is 5.91 Å². The molecule has 0 radical (unpaired) electrons. The fourth-order valence-electron chi connectivity index (χ4n) is 1.45. The third-order valence-corrected chi connectivity index (χ3v) is 2.11. The molecule has 15 heavy (non-hydrogen) atoms. The van der Waals surface area contributed by atoms with Crippen LogP contribution in [-0.2, 0) is 0 Å². The summed E-state index contributed by atoms with van der Waals surface area (Å²) in [6, 6.07) is 5.33. The van der Waals surface area contributed by atoms with Gasteiger partial charge in [-0.05, 0) is 32.0 Å². The Morgan fingerprint density at radius 2 is 2.20 bits per heavy atom. The first-order valence-electron chi connectivity index (χ1n) is 4.66. The van der Waals surface area contributed by atoms with Crippen LogP contribution in [0, 0.1) is 13.8 Å². The van der Waals surface area contributed by atoms with Gasteiger partial charge in [-0.2, -0.15) is 5.10 Å². The average molecular weight is 201 g/mol. The molecule has 0 saturated carbocycles. The standard InChI is InChI=1S/C11H11N3O/c1-8-6-9(2)14(13-8)11(15)10-4-3-5-12-7-10/h3-7H,1-2H3. The molecule has 0 aliphatic carbocycles. The van der Waals surface area contributed by atoms with E-state index < -0.39 is 0 Å². The lowest BCUT2D eigenvalue weighted by molar-refractivity contribution is 0.0942. The van der Waals surface area contributed by atoms with Gasteiger partial charge in [0.2, 0.25) is 0 Å². The Balaban J connectivity index is 2.41. The minimum Gasteiger partial charge on any atom is -0.267 e. The summed E-state index contributed by atoms with van der Waals surface area (Å²) in [5, 5.41) is 4.13. The van der Waals surface area contributed by atoms with Crippen molar-refractivity contribution in [2.45, 2.75) is 13.8 Å². The third kappa shape index (κ3) is 1.79. The maximum Gasteiger partial charge on any atom is 0.279 e. The largest absolute Gasteiger partial charge is 0.279 e. The highest BCUT2D eigenvalue weighted by atomic mass is 16.2. The van der Waals surface area contributed by atoms with E-state index in [0.717, 1.165) is 11.4 Å². The Morgan fingerprint density at radius 3 is 2.73 bits per heavy atom. The predicted octanol–water partition coefficient (Wildman–Crippen LogP) is 1.58. The first-order chi connectivity index (χ1) is 7.18. The van der Waals surface area contributed by atoms with Gasteiger partial charge in [0, 0.05) is 18.1 Å². The first kappa shape index (κ1) is 9.58. The van der Waals surface area contributed by atoms with Crippen molar-refractivity contribution in [2.24, 2.45) is 0 Å². The van der Waals surface area contributed by atoms with Crippen LogP contribution in [0.25, 0.3) is 0 Å². The van der Waals surface area contributed by atoms with Crippen LogP contribution in [0.3, 0.4) is 0 Å². The fraction of sp³-hybridized carbons (Fsp3) is 0.182. The molecule has 76 valence electrons. The first-order valence-corrected chi connectivity index (χ1v) is 4.66. The van der Waals surface area contributed by atoms with E-state index in [4.69, 9.17) is 0 Å². The molecule has 0 N–H and O–H groups in total. The van der Waals surface area contributed by atoms with Crippen LogP contribution >= 0.6 is 0 Å². The van der Waals surface area contributed by atoms with Gasteiger partial charge < -0.3 is 0 Å². The van der Waals surface area contributed by atoms with Crippen LogP contribution in [-0.4, -0.2) is 20.7 Å². The topological polar surface area (TPSA) is 47.8 Å². The second-order valence-corrected chi connectivity index (χ2v) is 3.39. The molecule has 2 aromatic rings. The molecule has 4 heteroatoms. The summed E-state index contributed by atoms with van der Waals surface area (Å²) in [7, 11) is 0. The molecule has 0 unspecified atom stereocenters. The van der Waals surface area contributed by atoms with Crippen LogP contribution in [0.15, 0.2) is 30.6 Å². The highest BCUT2D eigenvalue weighted by molar-refractivity contribution is 5.95. The Kier molecular flexibility index (Phi) is 2.33. The van der Waals surface area contributed by atoms with Crippen LogP contribution in [0.1, 0.15) is 21.7 Å². The molecule has 2 heterocycles. The molecule has 2 aromatic heterocycles. The smallest absolute Gasteiger partial charge is 0.267 e. The lowest BCUT2D eigenvalue weighted by Gasteiger charge is -2.01. The minimum atomic E-state index is -0.145. The number of pyridine rings is 1. The van der Waals surface area contributed by atoms with E-state index in [1.54, 1.807) is 24.5 Å². The predicted molar refractivity (Wildman–Crippen MR) is 55.7 cm³/mol. The van der Waals surface area contributed by atoms with Crippen molar-refractivity contribution < 1.29 is 4.79 Å². The zero-order valence-electron chi connectivity index (χ0n) is 8.64. The van der Waals surface area contributed by atoms with Gasteiger partial charge in [-0.1, -0.05) is 0 Å². The number of aromatic nitrogens is 3. The maximum atomic E-state index is 11.9. The fourth-order valence-corrected chi connectivity index (χ4v) is 1.45. The summed E-state index contributed by atoms with van der Waals surface area (Å²) < 4.78 is 1.40. The van der Waals surface area contributed by atoms with Crippen LogP contribution in [0.5, 0.6) is 0 Å². The van der Waals surface area contributed by atoms with Crippen LogP contribution in [0.4, 0.5) is 0 Å². The van der Waals surface area contributed by atoms with Gasteiger partial charge in [0.15, 0.2) is 0 Å². The van der Waals surface area contributed by atoms with Gasteiger partial charge in [0.25, 0.3) is 5.91 Å². The molecule has 0 spiro atoms. The molecule has 0 aromatic carbocycles. The maximum absolute atomic E-state index is 11.9. The van der Waals surface area contributed by atoms with Gasteiger partial charge in [-0.25, -0.2) is 4.68 Å². The van der Waals surface area contributed by atoms with E-state index in [0.29, 0.717) is 5.56 Å². The van der Waals surface area contributed by atoms with E-state index >= 15 is 0 Å². The number of rotatable bonds is 1. The summed E-state index contributed by atoms with van der Waals surface area (Å²) in [6.07, 6.45) is 3.18. The van der Waals surface area contributed by atoms with E-state index in [1.165, 1.54) is 4.68 Å². The summed E-state index contributed by atoms with van der Waals surface area (Å²) in [5.74, 6) is -0.145. The number of carbonyl (C=O) groups excluding carboxylic acids is 1. The Hall–Kier alpha value is -1.97. The average Bonchev–Trinajstić information content (AvgIpc) is 2.58. The second kappa shape index (κ2) is 3.65. The number of hydrogen-bond donors (Lipinski definition) is 0. The quantitative estimate of drug-likeness (QED) is 0.703. The minimum absolute atomic E-state index is 0.145. The molecule has 0 aliphatic heterocycles. The summed E-state index contributed by atoms with van der Waals surface area (Å²) in [6.45, 7) is 3.72. The SMILES string of the molecule is Cc1cc(C)n(C(=O)c2cccnc2)n1. The third-order valence-electron chi connectivity index (χ3n) is 2.11. The molecule has 0 atom stereocenters. The highest BCUT2D eigenvalue weighted by Gasteiger charge is 2.11. The molecule has 0 amide bonds. The summed E-state index contributed by atoms with van der Waals surface area (Å²) in [5.41, 5.74) is 2.22. The van der Waals surface area contributed by atoms with Gasteiger partial charge in [0.1, 0.15) is 0 Å². The molecule has 2 rings (SSSR count). The monoisotopic (exact) mass is 201 g/mol.